The molecule has 0 aromatic carbocycles. The average Bonchev–Trinajstić information content (AvgIpc) is 2.81. The van der Waals surface area contributed by atoms with Gasteiger partial charge in [0.05, 0.1) is 6.61 Å². The van der Waals surface area contributed by atoms with Gasteiger partial charge in [0.1, 0.15) is 0 Å². The van der Waals surface area contributed by atoms with Crippen LogP contribution in [-0.4, -0.2) is 73.4 Å². The first kappa shape index (κ1) is 17.9. The van der Waals surface area contributed by atoms with Crippen LogP contribution in [0.2, 0.25) is 0 Å². The highest BCUT2D eigenvalue weighted by Crippen LogP contribution is 2.20. The molecule has 0 aromatic heterocycles. The minimum absolute atomic E-state index is 0.157. The maximum Gasteiger partial charge on any atom is 0.0611 e. The number of nitrogens with one attached hydrogen (secondary N) is 1. The van der Waals surface area contributed by atoms with Gasteiger partial charge >= 0.3 is 0 Å². The minimum atomic E-state index is -0.157. The van der Waals surface area contributed by atoms with Gasteiger partial charge in [0.15, 0.2) is 0 Å². The number of hydrogen-bond acceptors (Lipinski definition) is 4. The fourth-order valence-corrected chi connectivity index (χ4v) is 3.19. The van der Waals surface area contributed by atoms with Crippen LogP contribution in [0.15, 0.2) is 0 Å². The number of aliphatic hydroxyl groups is 1. The molecule has 1 saturated heterocycles. The van der Waals surface area contributed by atoms with Crippen LogP contribution in [0, 0.1) is 5.92 Å². The third-order valence-electron chi connectivity index (χ3n) is 4.68. The van der Waals surface area contributed by atoms with E-state index in [-0.39, 0.29) is 12.1 Å². The summed E-state index contributed by atoms with van der Waals surface area (Å²) in [5.41, 5.74) is -0.157. The Morgan fingerprint density at radius 3 is 2.70 bits per heavy atom. The number of nitrogens with zero attached hydrogens (tertiary/aromatic N) is 2. The second kappa shape index (κ2) is 8.32. The van der Waals surface area contributed by atoms with Gasteiger partial charge in [-0.2, -0.15) is 0 Å². The molecule has 1 rings (SSSR count). The van der Waals surface area contributed by atoms with Gasteiger partial charge in [-0.15, -0.1) is 0 Å². The predicted molar refractivity (Wildman–Crippen MR) is 86.1 cm³/mol. The Bertz CT molecular complexity index is 274. The summed E-state index contributed by atoms with van der Waals surface area (Å²) in [6, 6.07) is 0.488. The summed E-state index contributed by atoms with van der Waals surface area (Å²) >= 11 is 0. The van der Waals surface area contributed by atoms with E-state index >= 15 is 0 Å². The van der Waals surface area contributed by atoms with Crippen LogP contribution in [0.1, 0.15) is 40.0 Å². The van der Waals surface area contributed by atoms with Gasteiger partial charge in [-0.05, 0) is 66.2 Å². The van der Waals surface area contributed by atoms with E-state index in [1.807, 2.05) is 0 Å². The van der Waals surface area contributed by atoms with E-state index in [1.54, 1.807) is 0 Å². The molecule has 20 heavy (non-hydrogen) atoms. The van der Waals surface area contributed by atoms with Gasteiger partial charge in [0.2, 0.25) is 0 Å². The van der Waals surface area contributed by atoms with Crippen molar-refractivity contribution in [1.29, 1.82) is 0 Å². The van der Waals surface area contributed by atoms with Crippen LogP contribution in [0.5, 0.6) is 0 Å². The third-order valence-corrected chi connectivity index (χ3v) is 4.68. The molecule has 3 unspecified atom stereocenters. The van der Waals surface area contributed by atoms with Crippen molar-refractivity contribution in [2.45, 2.75) is 51.6 Å². The van der Waals surface area contributed by atoms with Crippen molar-refractivity contribution in [1.82, 2.24) is 15.1 Å². The molecule has 4 heteroatoms. The average molecular weight is 285 g/mol. The van der Waals surface area contributed by atoms with Crippen molar-refractivity contribution < 1.29 is 5.11 Å². The Hall–Kier alpha value is -0.160. The van der Waals surface area contributed by atoms with Gasteiger partial charge in [-0.3, -0.25) is 0 Å². The molecular formula is C16H35N3O. The largest absolute Gasteiger partial charge is 0.394 e. The van der Waals surface area contributed by atoms with Crippen LogP contribution in [0.4, 0.5) is 0 Å². The molecule has 0 aromatic rings. The highest BCUT2D eigenvalue weighted by molar-refractivity contribution is 4.87. The van der Waals surface area contributed by atoms with E-state index in [2.05, 4.69) is 50.0 Å². The zero-order valence-corrected chi connectivity index (χ0v) is 14.2. The SMILES string of the molecule is CCCNC(C)(CO)CC(C)N(C)CC1CCN(C)C1. The molecule has 0 spiro atoms. The number of hydrogen-bond donors (Lipinski definition) is 2. The molecule has 1 fully saturated rings. The van der Waals surface area contributed by atoms with E-state index in [9.17, 15) is 5.11 Å². The zero-order valence-electron chi connectivity index (χ0n) is 14.2. The summed E-state index contributed by atoms with van der Waals surface area (Å²) in [6.45, 7) is 11.4. The lowest BCUT2D eigenvalue weighted by Gasteiger charge is -2.36. The van der Waals surface area contributed by atoms with Crippen LogP contribution in [0.3, 0.4) is 0 Å². The van der Waals surface area contributed by atoms with E-state index in [1.165, 1.54) is 26.1 Å². The second-order valence-corrected chi connectivity index (χ2v) is 7.06. The Labute approximate surface area is 125 Å². The zero-order chi connectivity index (χ0) is 15.2. The molecule has 0 bridgehead atoms. The number of aliphatic hydroxyl groups excluding tert-OH is 1. The first-order chi connectivity index (χ1) is 9.40. The summed E-state index contributed by atoms with van der Waals surface area (Å²) in [6.07, 6.45) is 3.41. The van der Waals surface area contributed by atoms with Gasteiger partial charge in [0, 0.05) is 24.7 Å². The highest BCUT2D eigenvalue weighted by Gasteiger charge is 2.28. The molecule has 120 valence electrons. The first-order valence-electron chi connectivity index (χ1n) is 8.15. The monoisotopic (exact) mass is 285 g/mol. The van der Waals surface area contributed by atoms with Crippen molar-refractivity contribution >= 4 is 0 Å². The van der Waals surface area contributed by atoms with Gasteiger partial charge in [-0.1, -0.05) is 6.92 Å². The lowest BCUT2D eigenvalue weighted by atomic mass is 9.93. The molecule has 1 aliphatic rings. The van der Waals surface area contributed by atoms with Crippen molar-refractivity contribution in [3.63, 3.8) is 0 Å². The molecule has 3 atom stereocenters. The Kier molecular flexibility index (Phi) is 7.45. The quantitative estimate of drug-likeness (QED) is 0.672. The molecule has 1 heterocycles. The second-order valence-electron chi connectivity index (χ2n) is 7.06. The normalized spacial score (nSPS) is 25.1. The fourth-order valence-electron chi connectivity index (χ4n) is 3.19. The minimum Gasteiger partial charge on any atom is -0.394 e. The summed E-state index contributed by atoms with van der Waals surface area (Å²) in [7, 11) is 4.43. The summed E-state index contributed by atoms with van der Waals surface area (Å²) in [4.78, 5) is 4.88. The van der Waals surface area contributed by atoms with Crippen LogP contribution >= 0.6 is 0 Å². The topological polar surface area (TPSA) is 38.7 Å². The van der Waals surface area contributed by atoms with E-state index in [4.69, 9.17) is 0 Å². The van der Waals surface area contributed by atoms with Crippen molar-refractivity contribution in [2.24, 2.45) is 5.92 Å². The summed E-state index contributed by atoms with van der Waals surface area (Å²) in [5, 5.41) is 13.2. The highest BCUT2D eigenvalue weighted by atomic mass is 16.3. The molecule has 0 amide bonds. The van der Waals surface area contributed by atoms with Crippen molar-refractivity contribution in [3.8, 4) is 0 Å². The van der Waals surface area contributed by atoms with Crippen LogP contribution in [-0.2, 0) is 0 Å². The molecular weight excluding hydrogens is 250 g/mol. The molecule has 4 nitrogen and oxygen atoms in total. The molecule has 2 N–H and O–H groups in total. The summed E-state index contributed by atoms with van der Waals surface area (Å²) in [5.74, 6) is 0.802. The lowest BCUT2D eigenvalue weighted by molar-refractivity contribution is 0.119. The number of likely N-dealkylation sites (tertiary alicyclic amines) is 1. The predicted octanol–water partition coefficient (Wildman–Crippen LogP) is 1.40. The standard InChI is InChI=1S/C16H35N3O/c1-6-8-17-16(3,13-20)10-14(2)19(5)12-15-7-9-18(4)11-15/h14-15,17,20H,6-13H2,1-5H3. The first-order valence-corrected chi connectivity index (χ1v) is 8.15. The Morgan fingerprint density at radius 2 is 2.20 bits per heavy atom. The van der Waals surface area contributed by atoms with Gasteiger partial charge in [0.25, 0.3) is 0 Å². The van der Waals surface area contributed by atoms with Gasteiger partial charge < -0.3 is 20.2 Å². The summed E-state index contributed by atoms with van der Waals surface area (Å²) < 4.78 is 0. The fraction of sp³-hybridized carbons (Fsp3) is 1.00. The van der Waals surface area contributed by atoms with E-state index in [0.29, 0.717) is 6.04 Å². The van der Waals surface area contributed by atoms with E-state index < -0.39 is 0 Å². The maximum absolute atomic E-state index is 9.67. The molecule has 1 aliphatic heterocycles. The van der Waals surface area contributed by atoms with Crippen molar-refractivity contribution in [3.05, 3.63) is 0 Å². The Morgan fingerprint density at radius 1 is 1.50 bits per heavy atom. The molecule has 0 saturated carbocycles. The molecule has 0 radical (unpaired) electrons. The van der Waals surface area contributed by atoms with Crippen LogP contribution < -0.4 is 5.32 Å². The third kappa shape index (κ3) is 5.68. The molecule has 0 aliphatic carbocycles. The smallest absolute Gasteiger partial charge is 0.0611 e. The van der Waals surface area contributed by atoms with Crippen molar-refractivity contribution in [2.75, 3.05) is 46.9 Å². The van der Waals surface area contributed by atoms with Gasteiger partial charge in [-0.25, -0.2) is 0 Å². The number of rotatable bonds is 9. The Balaban J connectivity index is 2.40. The lowest BCUT2D eigenvalue weighted by Crippen LogP contribution is -2.50. The van der Waals surface area contributed by atoms with E-state index in [0.717, 1.165) is 25.3 Å². The van der Waals surface area contributed by atoms with Crippen LogP contribution in [0.25, 0.3) is 0 Å². The maximum atomic E-state index is 9.67.